The fourth-order valence-electron chi connectivity index (χ4n) is 4.27. The lowest BCUT2D eigenvalue weighted by Crippen LogP contribution is -2.40. The van der Waals surface area contributed by atoms with E-state index in [1.165, 1.54) is 28.6 Å². The zero-order valence-corrected chi connectivity index (χ0v) is 20.6. The fraction of sp³-hybridized carbons (Fsp3) is 0.296. The molecule has 1 fully saturated rings. The minimum Gasteiger partial charge on any atom is -0.489 e. The van der Waals surface area contributed by atoms with E-state index in [0.29, 0.717) is 30.6 Å². The first-order chi connectivity index (χ1) is 17.5. The van der Waals surface area contributed by atoms with Gasteiger partial charge in [0.15, 0.2) is 5.78 Å². The van der Waals surface area contributed by atoms with Crippen LogP contribution in [0.1, 0.15) is 36.0 Å². The maximum atomic E-state index is 13.2. The Morgan fingerprint density at radius 1 is 0.973 bits per heavy atom. The van der Waals surface area contributed by atoms with Crippen LogP contribution in [0.25, 0.3) is 0 Å². The van der Waals surface area contributed by atoms with Crippen LogP contribution in [0, 0.1) is 5.82 Å². The molecule has 1 aliphatic heterocycles. The van der Waals surface area contributed by atoms with E-state index in [4.69, 9.17) is 4.74 Å². The molecule has 196 valence electrons. The van der Waals surface area contributed by atoms with Gasteiger partial charge in [0, 0.05) is 13.0 Å². The van der Waals surface area contributed by atoms with Crippen molar-refractivity contribution in [3.8, 4) is 5.75 Å². The summed E-state index contributed by atoms with van der Waals surface area (Å²) in [6.45, 7) is 0.308. The predicted octanol–water partition coefficient (Wildman–Crippen LogP) is 5.78. The molecule has 4 rings (SSSR count). The number of hydrogen-bond donors (Lipinski definition) is 0. The summed E-state index contributed by atoms with van der Waals surface area (Å²) in [5.41, 5.74) is 0.663. The van der Waals surface area contributed by atoms with Gasteiger partial charge in [-0.2, -0.15) is 17.5 Å². The summed E-state index contributed by atoms with van der Waals surface area (Å²) < 4.78 is 84.3. The van der Waals surface area contributed by atoms with Gasteiger partial charge in [-0.15, -0.1) is 0 Å². The highest BCUT2D eigenvalue weighted by atomic mass is 32.2. The van der Waals surface area contributed by atoms with E-state index in [1.54, 1.807) is 18.2 Å². The van der Waals surface area contributed by atoms with Crippen LogP contribution in [0.5, 0.6) is 5.75 Å². The molecule has 3 aromatic carbocycles. The highest BCUT2D eigenvalue weighted by Gasteiger charge is 2.38. The molecule has 0 bridgehead atoms. The van der Waals surface area contributed by atoms with E-state index in [-0.39, 0.29) is 30.3 Å². The molecule has 3 aromatic rings. The van der Waals surface area contributed by atoms with Crippen LogP contribution in [0.3, 0.4) is 0 Å². The highest BCUT2D eigenvalue weighted by Crippen LogP contribution is 2.30. The number of carbonyl (C=O) groups excluding carboxylic acids is 1. The van der Waals surface area contributed by atoms with Crippen molar-refractivity contribution in [1.82, 2.24) is 4.31 Å². The maximum Gasteiger partial charge on any atom is 0.416 e. The summed E-state index contributed by atoms with van der Waals surface area (Å²) in [7, 11) is -3.92. The van der Waals surface area contributed by atoms with E-state index in [1.807, 2.05) is 6.07 Å². The van der Waals surface area contributed by atoms with Gasteiger partial charge in [-0.3, -0.25) is 4.79 Å². The quantitative estimate of drug-likeness (QED) is 0.326. The third kappa shape index (κ3) is 6.56. The number of alkyl halides is 3. The molecule has 0 aliphatic carbocycles. The van der Waals surface area contributed by atoms with Gasteiger partial charge in [-0.25, -0.2) is 12.8 Å². The molecule has 0 N–H and O–H groups in total. The smallest absolute Gasteiger partial charge is 0.416 e. The summed E-state index contributed by atoms with van der Waals surface area (Å²) in [6, 6.07) is 15.5. The molecule has 0 amide bonds. The third-order valence-corrected chi connectivity index (χ3v) is 8.16. The second-order valence-corrected chi connectivity index (χ2v) is 10.7. The largest absolute Gasteiger partial charge is 0.489 e. The molecule has 0 radical (unpaired) electrons. The lowest BCUT2D eigenvalue weighted by Gasteiger charge is -2.23. The molecule has 0 aromatic heterocycles. The second-order valence-electron chi connectivity index (χ2n) is 8.82. The molecule has 37 heavy (non-hydrogen) atoms. The van der Waals surface area contributed by atoms with Crippen molar-refractivity contribution in [2.45, 2.75) is 49.4 Å². The van der Waals surface area contributed by atoms with Crippen LogP contribution < -0.4 is 4.74 Å². The molecule has 10 heteroatoms. The lowest BCUT2D eigenvalue weighted by molar-refractivity contribution is -0.137. The Morgan fingerprint density at radius 2 is 1.68 bits per heavy atom. The minimum atomic E-state index is -4.40. The number of nitrogens with zero attached hydrogens (tertiary/aromatic N) is 1. The monoisotopic (exact) mass is 535 g/mol. The van der Waals surface area contributed by atoms with Crippen LogP contribution in [0.2, 0.25) is 0 Å². The van der Waals surface area contributed by atoms with E-state index >= 15 is 0 Å². The first kappa shape index (κ1) is 26.8. The Labute approximate surface area is 212 Å². The molecular formula is C27H25F4NO4S. The summed E-state index contributed by atoms with van der Waals surface area (Å²) in [6.07, 6.45) is -2.91. The molecule has 1 heterocycles. The van der Waals surface area contributed by atoms with Gasteiger partial charge in [-0.05, 0) is 78.9 Å². The van der Waals surface area contributed by atoms with Gasteiger partial charge in [0.2, 0.25) is 10.0 Å². The summed E-state index contributed by atoms with van der Waals surface area (Å²) in [4.78, 5) is 12.9. The van der Waals surface area contributed by atoms with Gasteiger partial charge in [-0.1, -0.05) is 24.3 Å². The molecular weight excluding hydrogens is 510 g/mol. The SMILES string of the molecule is O=C(CCc1cccc(OCc2ccc(C(F)(F)F)cc2)c1)[C@@H]1CCCN1S(=O)(=O)c1ccc(F)cc1. The number of hydrogen-bond acceptors (Lipinski definition) is 4. The van der Waals surface area contributed by atoms with E-state index < -0.39 is 33.6 Å². The van der Waals surface area contributed by atoms with Crippen molar-refractivity contribution in [2.75, 3.05) is 6.54 Å². The lowest BCUT2D eigenvalue weighted by atomic mass is 10.0. The first-order valence-corrected chi connectivity index (χ1v) is 13.2. The number of aryl methyl sites for hydroxylation is 1. The van der Waals surface area contributed by atoms with E-state index in [2.05, 4.69) is 0 Å². The zero-order valence-electron chi connectivity index (χ0n) is 19.7. The second kappa shape index (κ2) is 11.0. The number of benzene rings is 3. The maximum absolute atomic E-state index is 13.2. The van der Waals surface area contributed by atoms with Crippen molar-refractivity contribution in [2.24, 2.45) is 0 Å². The molecule has 1 aliphatic rings. The van der Waals surface area contributed by atoms with Crippen LogP contribution in [0.4, 0.5) is 17.6 Å². The van der Waals surface area contributed by atoms with Crippen LogP contribution in [0.15, 0.2) is 77.7 Å². The van der Waals surface area contributed by atoms with E-state index in [9.17, 15) is 30.8 Å². The van der Waals surface area contributed by atoms with Gasteiger partial charge < -0.3 is 4.74 Å². The molecule has 1 atom stereocenters. The Kier molecular flexibility index (Phi) is 7.99. The predicted molar refractivity (Wildman–Crippen MR) is 129 cm³/mol. The summed E-state index contributed by atoms with van der Waals surface area (Å²) in [5, 5.41) is 0. The van der Waals surface area contributed by atoms with Gasteiger partial charge >= 0.3 is 6.18 Å². The molecule has 5 nitrogen and oxygen atoms in total. The zero-order chi connectivity index (χ0) is 26.6. The molecule has 0 spiro atoms. The average molecular weight is 536 g/mol. The van der Waals surface area contributed by atoms with Gasteiger partial charge in [0.1, 0.15) is 18.2 Å². The van der Waals surface area contributed by atoms with Crippen LogP contribution in [-0.2, 0) is 34.0 Å². The molecule has 0 saturated carbocycles. The van der Waals surface area contributed by atoms with Gasteiger partial charge in [0.05, 0.1) is 16.5 Å². The van der Waals surface area contributed by atoms with Crippen molar-refractivity contribution in [3.05, 3.63) is 95.3 Å². The number of carbonyl (C=O) groups is 1. The number of rotatable bonds is 9. The number of ether oxygens (including phenoxy) is 1. The number of Topliss-reactive ketones (excluding diaryl/α,β-unsaturated/α-hetero) is 1. The highest BCUT2D eigenvalue weighted by molar-refractivity contribution is 7.89. The Hall–Kier alpha value is -3.24. The van der Waals surface area contributed by atoms with Crippen molar-refractivity contribution >= 4 is 15.8 Å². The molecule has 0 unspecified atom stereocenters. The standard InChI is InChI=1S/C27H25F4NO4S/c28-22-11-13-24(14-12-22)37(34,35)32-16-2-5-25(32)26(33)15-8-19-3-1-4-23(17-19)36-18-20-6-9-21(10-7-20)27(29,30)31/h1,3-4,6-7,9-14,17,25H,2,5,8,15-16,18H2/t25-/m0/s1. The van der Waals surface area contributed by atoms with Crippen LogP contribution >= 0.6 is 0 Å². The number of sulfonamides is 1. The number of halogens is 4. The third-order valence-electron chi connectivity index (χ3n) is 6.24. The Balaban J connectivity index is 1.35. The Morgan fingerprint density at radius 3 is 2.35 bits per heavy atom. The topological polar surface area (TPSA) is 63.7 Å². The van der Waals surface area contributed by atoms with Crippen LogP contribution in [-0.4, -0.2) is 31.1 Å². The number of ketones is 1. The molecule has 1 saturated heterocycles. The normalized spacial score (nSPS) is 16.6. The Bertz CT molecular complexity index is 1340. The average Bonchev–Trinajstić information content (AvgIpc) is 3.38. The summed E-state index contributed by atoms with van der Waals surface area (Å²) >= 11 is 0. The van der Waals surface area contributed by atoms with Crippen molar-refractivity contribution < 1.29 is 35.5 Å². The fourth-order valence-corrected chi connectivity index (χ4v) is 5.95. The summed E-state index contributed by atoms with van der Waals surface area (Å²) in [5.74, 6) is -0.232. The first-order valence-electron chi connectivity index (χ1n) is 11.7. The van der Waals surface area contributed by atoms with E-state index in [0.717, 1.165) is 29.8 Å². The minimum absolute atomic E-state index is 0.0495. The van der Waals surface area contributed by atoms with Gasteiger partial charge in [0.25, 0.3) is 0 Å². The van der Waals surface area contributed by atoms with Crippen molar-refractivity contribution in [1.29, 1.82) is 0 Å². The van der Waals surface area contributed by atoms with Crippen molar-refractivity contribution in [3.63, 3.8) is 0 Å².